The number of hydrogen-bond acceptors (Lipinski definition) is 2. The molecule has 1 rings (SSSR count). The fraction of sp³-hybridized carbons (Fsp3) is 0.353. The Bertz CT molecular complexity index is 538. The van der Waals surface area contributed by atoms with Gasteiger partial charge in [0.25, 0.3) is 0 Å². The number of carbonyl (C=O) groups is 1. The van der Waals surface area contributed by atoms with Crippen molar-refractivity contribution in [2.75, 3.05) is 5.73 Å². The van der Waals surface area contributed by atoms with Crippen molar-refractivity contribution < 1.29 is 9.90 Å². The molecular formula is C17H23NO2. The van der Waals surface area contributed by atoms with E-state index in [2.05, 4.69) is 32.9 Å². The van der Waals surface area contributed by atoms with Crippen molar-refractivity contribution in [3.8, 4) is 0 Å². The van der Waals surface area contributed by atoms with Gasteiger partial charge in [-0.05, 0) is 63.8 Å². The van der Waals surface area contributed by atoms with E-state index in [9.17, 15) is 4.79 Å². The second-order valence-corrected chi connectivity index (χ2v) is 5.30. The average molecular weight is 273 g/mol. The smallest absolute Gasteiger partial charge is 0.335 e. The first-order valence-electron chi connectivity index (χ1n) is 6.81. The Balaban J connectivity index is 2.75. The van der Waals surface area contributed by atoms with Gasteiger partial charge in [-0.1, -0.05) is 23.3 Å². The molecule has 0 aromatic heterocycles. The molecule has 0 amide bonds. The van der Waals surface area contributed by atoms with Crippen molar-refractivity contribution in [1.29, 1.82) is 0 Å². The van der Waals surface area contributed by atoms with Gasteiger partial charge in [0.15, 0.2) is 0 Å². The van der Waals surface area contributed by atoms with Crippen LogP contribution < -0.4 is 5.73 Å². The molecule has 3 nitrogen and oxygen atoms in total. The van der Waals surface area contributed by atoms with Gasteiger partial charge in [-0.3, -0.25) is 0 Å². The molecule has 1 aromatic carbocycles. The number of hydrogen-bond donors (Lipinski definition) is 2. The van der Waals surface area contributed by atoms with Crippen LogP contribution in [0.5, 0.6) is 0 Å². The average Bonchev–Trinajstić information content (AvgIpc) is 2.35. The summed E-state index contributed by atoms with van der Waals surface area (Å²) < 4.78 is 0. The summed E-state index contributed by atoms with van der Waals surface area (Å²) in [7, 11) is 0. The van der Waals surface area contributed by atoms with Crippen LogP contribution in [0.15, 0.2) is 41.5 Å². The monoisotopic (exact) mass is 273 g/mol. The summed E-state index contributed by atoms with van der Waals surface area (Å²) in [4.78, 5) is 11.2. The second-order valence-electron chi connectivity index (χ2n) is 5.30. The zero-order valence-corrected chi connectivity index (χ0v) is 12.4. The highest BCUT2D eigenvalue weighted by atomic mass is 16.4. The Morgan fingerprint density at radius 3 is 2.55 bits per heavy atom. The van der Waals surface area contributed by atoms with Crippen LogP contribution in [0.3, 0.4) is 0 Å². The van der Waals surface area contributed by atoms with Crippen LogP contribution in [0.1, 0.15) is 49.5 Å². The van der Waals surface area contributed by atoms with E-state index in [4.69, 9.17) is 10.8 Å². The lowest BCUT2D eigenvalue weighted by Crippen LogP contribution is -2.03. The first-order valence-corrected chi connectivity index (χ1v) is 6.81. The van der Waals surface area contributed by atoms with Crippen molar-refractivity contribution in [1.82, 2.24) is 0 Å². The van der Waals surface area contributed by atoms with E-state index in [1.54, 1.807) is 18.2 Å². The predicted molar refractivity (Wildman–Crippen MR) is 83.9 cm³/mol. The van der Waals surface area contributed by atoms with Crippen molar-refractivity contribution in [3.05, 3.63) is 52.6 Å². The third-order valence-corrected chi connectivity index (χ3v) is 3.12. The molecule has 20 heavy (non-hydrogen) atoms. The molecule has 1 aromatic rings. The Morgan fingerprint density at radius 1 is 1.25 bits per heavy atom. The highest BCUT2D eigenvalue weighted by molar-refractivity contribution is 5.90. The molecule has 0 bridgehead atoms. The van der Waals surface area contributed by atoms with Gasteiger partial charge in [0.1, 0.15) is 0 Å². The summed E-state index contributed by atoms with van der Waals surface area (Å²) >= 11 is 0. The lowest BCUT2D eigenvalue weighted by molar-refractivity contribution is 0.0696. The van der Waals surface area contributed by atoms with Gasteiger partial charge in [-0.2, -0.15) is 0 Å². The number of benzene rings is 1. The fourth-order valence-electron chi connectivity index (χ4n) is 1.97. The Kier molecular flexibility index (Phi) is 6.04. The minimum atomic E-state index is -0.907. The standard InChI is InChI=1S/C17H23NO2/c1-12(2)5-4-6-13(3)7-8-14-11-15(18)9-10-16(14)17(19)20/h5,7,9-11H,4,6,8,18H2,1-3H3,(H,19,20)/b13-7-. The Hall–Kier alpha value is -2.03. The molecule has 0 heterocycles. The number of carboxylic acid groups (broad SMARTS) is 1. The van der Waals surface area contributed by atoms with Crippen LogP contribution in [0.4, 0.5) is 5.69 Å². The van der Waals surface area contributed by atoms with E-state index in [1.165, 1.54) is 11.1 Å². The van der Waals surface area contributed by atoms with Crippen LogP contribution >= 0.6 is 0 Å². The van der Waals surface area contributed by atoms with Gasteiger partial charge in [0, 0.05) is 5.69 Å². The first-order chi connectivity index (χ1) is 9.40. The van der Waals surface area contributed by atoms with Gasteiger partial charge in [-0.15, -0.1) is 0 Å². The minimum absolute atomic E-state index is 0.326. The number of nitrogen functional groups attached to an aromatic ring is 1. The SMILES string of the molecule is CC(C)=CCC/C(C)=C\Cc1cc(N)ccc1C(=O)O. The number of carboxylic acids is 1. The molecule has 3 heteroatoms. The predicted octanol–water partition coefficient (Wildman–Crippen LogP) is 4.20. The highest BCUT2D eigenvalue weighted by Gasteiger charge is 2.08. The molecule has 0 aliphatic rings. The van der Waals surface area contributed by atoms with Crippen LogP contribution in [0.2, 0.25) is 0 Å². The van der Waals surface area contributed by atoms with Crippen LogP contribution in [-0.4, -0.2) is 11.1 Å². The summed E-state index contributed by atoms with van der Waals surface area (Å²) in [5.41, 5.74) is 10.00. The summed E-state index contributed by atoms with van der Waals surface area (Å²) in [6.07, 6.45) is 6.91. The lowest BCUT2D eigenvalue weighted by atomic mass is 10.0. The van der Waals surface area contributed by atoms with Crippen LogP contribution in [-0.2, 0) is 6.42 Å². The lowest BCUT2D eigenvalue weighted by Gasteiger charge is -2.06. The summed E-state index contributed by atoms with van der Waals surface area (Å²) in [5, 5.41) is 9.16. The summed E-state index contributed by atoms with van der Waals surface area (Å²) in [5.74, 6) is -0.907. The minimum Gasteiger partial charge on any atom is -0.478 e. The third kappa shape index (κ3) is 5.31. The fourth-order valence-corrected chi connectivity index (χ4v) is 1.97. The van der Waals surface area contributed by atoms with E-state index >= 15 is 0 Å². The van der Waals surface area contributed by atoms with E-state index in [0.717, 1.165) is 18.4 Å². The molecule has 0 unspecified atom stereocenters. The first kappa shape index (κ1) is 16.0. The molecule has 108 valence electrons. The molecule has 0 saturated carbocycles. The largest absolute Gasteiger partial charge is 0.478 e. The van der Waals surface area contributed by atoms with Crippen LogP contribution in [0, 0.1) is 0 Å². The molecule has 0 spiro atoms. The molecule has 0 aliphatic heterocycles. The van der Waals surface area contributed by atoms with E-state index in [0.29, 0.717) is 17.7 Å². The second kappa shape index (κ2) is 7.53. The number of rotatable bonds is 6. The zero-order valence-electron chi connectivity index (χ0n) is 12.4. The van der Waals surface area contributed by atoms with Crippen molar-refractivity contribution in [2.45, 2.75) is 40.0 Å². The van der Waals surface area contributed by atoms with E-state index in [-0.39, 0.29) is 0 Å². The van der Waals surface area contributed by atoms with Gasteiger partial charge in [0.05, 0.1) is 5.56 Å². The number of aromatic carboxylic acids is 1. The number of nitrogens with two attached hydrogens (primary N) is 1. The molecule has 0 atom stereocenters. The van der Waals surface area contributed by atoms with Crippen molar-refractivity contribution in [2.24, 2.45) is 0 Å². The Labute approximate surface area is 120 Å². The van der Waals surface area contributed by atoms with Crippen LogP contribution in [0.25, 0.3) is 0 Å². The molecule has 3 N–H and O–H groups in total. The van der Waals surface area contributed by atoms with Gasteiger partial charge in [-0.25, -0.2) is 4.79 Å². The number of anilines is 1. The summed E-state index contributed by atoms with van der Waals surface area (Å²) in [6, 6.07) is 4.93. The third-order valence-electron chi connectivity index (χ3n) is 3.12. The topological polar surface area (TPSA) is 63.3 Å². The maximum absolute atomic E-state index is 11.2. The van der Waals surface area contributed by atoms with Gasteiger partial charge < -0.3 is 10.8 Å². The molecule has 0 saturated heterocycles. The Morgan fingerprint density at radius 2 is 1.95 bits per heavy atom. The molecule has 0 aliphatic carbocycles. The van der Waals surface area contributed by atoms with Gasteiger partial charge in [0.2, 0.25) is 0 Å². The van der Waals surface area contributed by atoms with Gasteiger partial charge >= 0.3 is 5.97 Å². The zero-order chi connectivity index (χ0) is 15.1. The number of allylic oxidation sites excluding steroid dienone is 4. The van der Waals surface area contributed by atoms with Crippen molar-refractivity contribution in [3.63, 3.8) is 0 Å². The quantitative estimate of drug-likeness (QED) is 0.603. The molecular weight excluding hydrogens is 250 g/mol. The normalized spacial score (nSPS) is 11.2. The van der Waals surface area contributed by atoms with Crippen molar-refractivity contribution >= 4 is 11.7 Å². The molecule has 0 radical (unpaired) electrons. The van der Waals surface area contributed by atoms with E-state index in [1.807, 2.05) is 0 Å². The highest BCUT2D eigenvalue weighted by Crippen LogP contribution is 2.16. The van der Waals surface area contributed by atoms with E-state index < -0.39 is 5.97 Å². The molecule has 0 fully saturated rings. The maximum Gasteiger partial charge on any atom is 0.335 e. The maximum atomic E-state index is 11.2. The summed E-state index contributed by atoms with van der Waals surface area (Å²) in [6.45, 7) is 6.25.